The summed E-state index contributed by atoms with van der Waals surface area (Å²) in [4.78, 5) is 0. The molecule has 1 unspecified atom stereocenters. The molecule has 0 saturated heterocycles. The molecule has 1 atom stereocenters. The molecule has 15 heavy (non-hydrogen) atoms. The molecule has 1 nitrogen and oxygen atoms in total. The number of hydrogen-bond acceptors (Lipinski definition) is 1. The summed E-state index contributed by atoms with van der Waals surface area (Å²) < 4.78 is 13.5. The van der Waals surface area contributed by atoms with Gasteiger partial charge >= 0.3 is 0 Å². The summed E-state index contributed by atoms with van der Waals surface area (Å²) in [6, 6.07) is 4.76. The van der Waals surface area contributed by atoms with Crippen LogP contribution in [0.3, 0.4) is 0 Å². The van der Waals surface area contributed by atoms with Crippen LogP contribution in [0.2, 0.25) is 5.02 Å². The topological polar surface area (TPSA) is 12.0 Å². The van der Waals surface area contributed by atoms with Crippen LogP contribution in [-0.2, 0) is 0 Å². The van der Waals surface area contributed by atoms with Crippen molar-refractivity contribution in [3.05, 3.63) is 34.6 Å². The second kappa shape index (κ2) is 6.09. The van der Waals surface area contributed by atoms with Crippen molar-refractivity contribution < 1.29 is 4.39 Å². The van der Waals surface area contributed by atoms with Crippen molar-refractivity contribution in [1.29, 1.82) is 0 Å². The summed E-state index contributed by atoms with van der Waals surface area (Å²) in [7, 11) is 0. The molecule has 0 aliphatic rings. The Labute approximate surface area is 95.6 Å². The zero-order valence-electron chi connectivity index (χ0n) is 9.19. The molecule has 0 bridgehead atoms. The van der Waals surface area contributed by atoms with E-state index < -0.39 is 0 Å². The minimum absolute atomic E-state index is 0.0589. The van der Waals surface area contributed by atoms with Crippen molar-refractivity contribution in [3.63, 3.8) is 0 Å². The number of hydrogen-bond donors (Lipinski definition) is 1. The molecule has 1 N–H and O–H groups in total. The maximum Gasteiger partial charge on any atom is 0.128 e. The summed E-state index contributed by atoms with van der Waals surface area (Å²) in [5.74, 6) is -0.185. The van der Waals surface area contributed by atoms with Gasteiger partial charge in [-0.3, -0.25) is 0 Å². The van der Waals surface area contributed by atoms with Gasteiger partial charge in [0.15, 0.2) is 0 Å². The fourth-order valence-electron chi connectivity index (χ4n) is 1.57. The molecule has 84 valence electrons. The third-order valence-corrected chi connectivity index (χ3v) is 2.62. The zero-order chi connectivity index (χ0) is 11.3. The second-order valence-corrected chi connectivity index (χ2v) is 4.02. The molecule has 1 aromatic rings. The molecule has 3 heteroatoms. The van der Waals surface area contributed by atoms with E-state index in [-0.39, 0.29) is 11.9 Å². The third-order valence-electron chi connectivity index (χ3n) is 2.38. The largest absolute Gasteiger partial charge is 0.310 e. The SMILES string of the molecule is CCCNC(CC)c1cc(Cl)ccc1F. The first-order chi connectivity index (χ1) is 7.19. The van der Waals surface area contributed by atoms with E-state index in [2.05, 4.69) is 12.2 Å². The van der Waals surface area contributed by atoms with E-state index >= 15 is 0 Å². The van der Waals surface area contributed by atoms with Gasteiger partial charge in [0.05, 0.1) is 0 Å². The second-order valence-electron chi connectivity index (χ2n) is 3.58. The zero-order valence-corrected chi connectivity index (χ0v) is 9.94. The van der Waals surface area contributed by atoms with Gasteiger partial charge in [-0.15, -0.1) is 0 Å². The number of rotatable bonds is 5. The summed E-state index contributed by atoms with van der Waals surface area (Å²) >= 11 is 5.86. The van der Waals surface area contributed by atoms with E-state index in [0.29, 0.717) is 10.6 Å². The monoisotopic (exact) mass is 229 g/mol. The Kier molecular flexibility index (Phi) is 5.06. The van der Waals surface area contributed by atoms with E-state index in [1.807, 2.05) is 6.92 Å². The van der Waals surface area contributed by atoms with Crippen LogP contribution in [-0.4, -0.2) is 6.54 Å². The first kappa shape index (κ1) is 12.5. The lowest BCUT2D eigenvalue weighted by molar-refractivity contribution is 0.488. The van der Waals surface area contributed by atoms with Gasteiger partial charge in [0.1, 0.15) is 5.82 Å². The summed E-state index contributed by atoms with van der Waals surface area (Å²) in [5.41, 5.74) is 0.665. The van der Waals surface area contributed by atoms with E-state index in [1.165, 1.54) is 6.07 Å². The quantitative estimate of drug-likeness (QED) is 0.807. The molecule has 0 aromatic heterocycles. The van der Waals surface area contributed by atoms with Crippen molar-refractivity contribution in [2.45, 2.75) is 32.7 Å². The summed E-state index contributed by atoms with van der Waals surface area (Å²) in [5, 5.41) is 3.89. The summed E-state index contributed by atoms with van der Waals surface area (Å²) in [6.45, 7) is 5.02. The van der Waals surface area contributed by atoms with Crippen molar-refractivity contribution >= 4 is 11.6 Å². The molecule has 0 radical (unpaired) electrons. The molecule has 0 heterocycles. The van der Waals surface area contributed by atoms with E-state index in [4.69, 9.17) is 11.6 Å². The van der Waals surface area contributed by atoms with Gasteiger partial charge in [0.25, 0.3) is 0 Å². The Morgan fingerprint density at radius 3 is 2.73 bits per heavy atom. The van der Waals surface area contributed by atoms with Gasteiger partial charge in [0, 0.05) is 16.6 Å². The molecular weight excluding hydrogens is 213 g/mol. The van der Waals surface area contributed by atoms with Crippen molar-refractivity contribution in [2.24, 2.45) is 0 Å². The first-order valence-electron chi connectivity index (χ1n) is 5.37. The highest BCUT2D eigenvalue weighted by Crippen LogP contribution is 2.23. The average Bonchev–Trinajstić information content (AvgIpc) is 2.24. The fourth-order valence-corrected chi connectivity index (χ4v) is 1.75. The van der Waals surface area contributed by atoms with E-state index in [9.17, 15) is 4.39 Å². The van der Waals surface area contributed by atoms with Crippen LogP contribution in [0.4, 0.5) is 4.39 Å². The minimum Gasteiger partial charge on any atom is -0.310 e. The van der Waals surface area contributed by atoms with Crippen molar-refractivity contribution in [2.75, 3.05) is 6.54 Å². The normalized spacial score (nSPS) is 12.8. The highest BCUT2D eigenvalue weighted by molar-refractivity contribution is 6.30. The lowest BCUT2D eigenvalue weighted by Gasteiger charge is -2.17. The van der Waals surface area contributed by atoms with Crippen LogP contribution >= 0.6 is 11.6 Å². The highest BCUT2D eigenvalue weighted by atomic mass is 35.5. The molecule has 0 saturated carbocycles. The predicted octanol–water partition coefficient (Wildman–Crippen LogP) is 3.93. The molecular formula is C12H17ClFN. The van der Waals surface area contributed by atoms with Gasteiger partial charge in [-0.25, -0.2) is 4.39 Å². The van der Waals surface area contributed by atoms with Gasteiger partial charge in [-0.05, 0) is 37.6 Å². The molecule has 0 aliphatic heterocycles. The minimum atomic E-state index is -0.185. The lowest BCUT2D eigenvalue weighted by Crippen LogP contribution is -2.22. The molecule has 0 fully saturated rings. The Morgan fingerprint density at radius 1 is 1.40 bits per heavy atom. The number of nitrogens with one attached hydrogen (secondary N) is 1. The van der Waals surface area contributed by atoms with Crippen LogP contribution in [0.1, 0.15) is 38.3 Å². The van der Waals surface area contributed by atoms with Crippen molar-refractivity contribution in [1.82, 2.24) is 5.32 Å². The molecule has 0 aliphatic carbocycles. The predicted molar refractivity (Wildman–Crippen MR) is 62.7 cm³/mol. The van der Waals surface area contributed by atoms with Crippen LogP contribution in [0.15, 0.2) is 18.2 Å². The van der Waals surface area contributed by atoms with Gasteiger partial charge in [-0.2, -0.15) is 0 Å². The maximum atomic E-state index is 13.5. The van der Waals surface area contributed by atoms with Crippen LogP contribution in [0, 0.1) is 5.82 Å². The van der Waals surface area contributed by atoms with Crippen molar-refractivity contribution in [3.8, 4) is 0 Å². The Morgan fingerprint density at radius 2 is 2.13 bits per heavy atom. The number of benzene rings is 1. The lowest BCUT2D eigenvalue weighted by atomic mass is 10.0. The summed E-state index contributed by atoms with van der Waals surface area (Å²) in [6.07, 6.45) is 1.90. The standard InChI is InChI=1S/C12H17ClFN/c1-3-7-15-12(4-2)10-8-9(13)5-6-11(10)14/h5-6,8,12,15H,3-4,7H2,1-2H3. The number of halogens is 2. The highest BCUT2D eigenvalue weighted by Gasteiger charge is 2.13. The smallest absolute Gasteiger partial charge is 0.128 e. The Bertz CT molecular complexity index is 314. The molecule has 1 rings (SSSR count). The van der Waals surface area contributed by atoms with E-state index in [0.717, 1.165) is 19.4 Å². The molecule has 0 amide bonds. The average molecular weight is 230 g/mol. The van der Waals surface area contributed by atoms with E-state index in [1.54, 1.807) is 12.1 Å². The first-order valence-corrected chi connectivity index (χ1v) is 5.75. The molecule has 0 spiro atoms. The van der Waals surface area contributed by atoms with Crippen LogP contribution in [0.5, 0.6) is 0 Å². The molecule has 1 aromatic carbocycles. The van der Waals surface area contributed by atoms with Gasteiger partial charge < -0.3 is 5.32 Å². The fraction of sp³-hybridized carbons (Fsp3) is 0.500. The van der Waals surface area contributed by atoms with Crippen LogP contribution in [0.25, 0.3) is 0 Å². The third kappa shape index (κ3) is 3.47. The van der Waals surface area contributed by atoms with Gasteiger partial charge in [0.2, 0.25) is 0 Å². The maximum absolute atomic E-state index is 13.5. The Balaban J connectivity index is 2.85. The van der Waals surface area contributed by atoms with Crippen LogP contribution < -0.4 is 5.32 Å². The Hall–Kier alpha value is -0.600. The van der Waals surface area contributed by atoms with Gasteiger partial charge in [-0.1, -0.05) is 25.4 Å².